The van der Waals surface area contributed by atoms with Crippen molar-refractivity contribution in [2.24, 2.45) is 17.1 Å². The van der Waals surface area contributed by atoms with Gasteiger partial charge in [-0.25, -0.2) is 4.79 Å². The van der Waals surface area contributed by atoms with Gasteiger partial charge in [-0.15, -0.1) is 0 Å². The molecule has 1 aliphatic carbocycles. The molecule has 1 fully saturated rings. The number of fused-ring (bicyclic) bond motifs is 4. The van der Waals surface area contributed by atoms with Crippen LogP contribution in [0, 0.1) is 45.3 Å². The van der Waals surface area contributed by atoms with Crippen molar-refractivity contribution in [1.29, 1.82) is 15.8 Å². The number of hydrogen-bond acceptors (Lipinski definition) is 7. The molecule has 4 unspecified atom stereocenters. The van der Waals surface area contributed by atoms with Crippen LogP contribution in [0.3, 0.4) is 0 Å². The van der Waals surface area contributed by atoms with Crippen LogP contribution in [0.25, 0.3) is 0 Å². The molecule has 0 aromatic heterocycles. The van der Waals surface area contributed by atoms with Crippen LogP contribution in [0.1, 0.15) is 34.7 Å². The second-order valence-corrected chi connectivity index (χ2v) is 8.05. The molecule has 7 heteroatoms. The molecule has 2 N–H and O–H groups in total. The van der Waals surface area contributed by atoms with Crippen LogP contribution in [0.4, 0.5) is 0 Å². The van der Waals surface area contributed by atoms with E-state index in [0.717, 1.165) is 24.0 Å². The van der Waals surface area contributed by atoms with Crippen molar-refractivity contribution >= 4 is 5.97 Å². The molecule has 4 atom stereocenters. The van der Waals surface area contributed by atoms with E-state index in [9.17, 15) is 20.6 Å². The number of nitrogens with two attached hydrogens (primary N) is 1. The molecule has 30 heavy (non-hydrogen) atoms. The summed E-state index contributed by atoms with van der Waals surface area (Å²) in [6, 6.07) is 13.6. The Morgan fingerprint density at radius 3 is 2.43 bits per heavy atom. The highest BCUT2D eigenvalue weighted by Gasteiger charge is 2.58. The predicted molar refractivity (Wildman–Crippen MR) is 107 cm³/mol. The van der Waals surface area contributed by atoms with Gasteiger partial charge in [0.1, 0.15) is 6.07 Å². The third kappa shape index (κ3) is 2.48. The SMILES string of the molecule is COC(=O)c1ccc(C2C3C(=CC4CCC3N4C)C(C#N)=C(N)C2(C#N)C#N)cc1. The van der Waals surface area contributed by atoms with Crippen LogP contribution < -0.4 is 5.73 Å². The Morgan fingerprint density at radius 2 is 1.87 bits per heavy atom. The smallest absolute Gasteiger partial charge is 0.337 e. The van der Waals surface area contributed by atoms with E-state index in [1.807, 2.05) is 7.05 Å². The maximum absolute atomic E-state index is 11.8. The first-order valence-electron chi connectivity index (χ1n) is 9.78. The Kier molecular flexibility index (Phi) is 4.61. The second kappa shape index (κ2) is 7.02. The van der Waals surface area contributed by atoms with E-state index in [2.05, 4.69) is 29.2 Å². The summed E-state index contributed by atoms with van der Waals surface area (Å²) in [4.78, 5) is 14.1. The van der Waals surface area contributed by atoms with Crippen molar-refractivity contribution < 1.29 is 9.53 Å². The van der Waals surface area contributed by atoms with E-state index in [1.165, 1.54) is 7.11 Å². The average molecular weight is 399 g/mol. The molecule has 1 aromatic rings. The van der Waals surface area contributed by atoms with Gasteiger partial charge in [-0.2, -0.15) is 15.8 Å². The standard InChI is InChI=1S/C23H21N5O2/c1-28-15-7-8-18(28)19-16(9-15)17(10-24)21(27)23(11-25,12-26)20(19)13-3-5-14(6-4-13)22(29)30-2/h3-6,9,15,18-20H,7-8,27H2,1-2H3. The number of nitrogens with zero attached hydrogens (tertiary/aromatic N) is 4. The monoisotopic (exact) mass is 399 g/mol. The second-order valence-electron chi connectivity index (χ2n) is 8.05. The predicted octanol–water partition coefficient (Wildman–Crippen LogP) is 2.36. The summed E-state index contributed by atoms with van der Waals surface area (Å²) in [6.07, 6.45) is 3.95. The van der Waals surface area contributed by atoms with Crippen molar-refractivity contribution in [2.45, 2.75) is 30.8 Å². The van der Waals surface area contributed by atoms with Crippen molar-refractivity contribution in [3.8, 4) is 18.2 Å². The fraction of sp³-hybridized carbons (Fsp3) is 0.391. The molecule has 2 heterocycles. The van der Waals surface area contributed by atoms with Gasteiger partial charge in [0.2, 0.25) is 0 Å². The highest BCUT2D eigenvalue weighted by Crippen LogP contribution is 2.58. The highest BCUT2D eigenvalue weighted by molar-refractivity contribution is 5.89. The third-order valence-electron chi connectivity index (χ3n) is 6.91. The number of carbonyl (C=O) groups is 1. The molecule has 0 saturated carbocycles. The molecule has 1 aromatic carbocycles. The normalized spacial score (nSPS) is 29.1. The molecule has 7 nitrogen and oxygen atoms in total. The summed E-state index contributed by atoms with van der Waals surface area (Å²) in [5.74, 6) is -1.24. The van der Waals surface area contributed by atoms with Crippen molar-refractivity contribution in [3.05, 3.63) is 58.3 Å². The largest absolute Gasteiger partial charge is 0.465 e. The number of likely N-dealkylation sites (N-methyl/N-ethyl adjacent to an activating group) is 1. The highest BCUT2D eigenvalue weighted by atomic mass is 16.5. The number of methoxy groups -OCH3 is 1. The first kappa shape index (κ1) is 19.7. The molecular formula is C23H21N5O2. The molecule has 150 valence electrons. The zero-order valence-electron chi connectivity index (χ0n) is 16.8. The van der Waals surface area contributed by atoms with Gasteiger partial charge in [-0.3, -0.25) is 4.90 Å². The van der Waals surface area contributed by atoms with Crippen LogP contribution in [0.15, 0.2) is 47.2 Å². The third-order valence-corrected chi connectivity index (χ3v) is 6.91. The van der Waals surface area contributed by atoms with Crippen LogP contribution in [0.5, 0.6) is 0 Å². The fourth-order valence-corrected chi connectivity index (χ4v) is 5.41. The summed E-state index contributed by atoms with van der Waals surface area (Å²) in [5, 5.41) is 30.2. The Morgan fingerprint density at radius 1 is 1.20 bits per heavy atom. The lowest BCUT2D eigenvalue weighted by Crippen LogP contribution is -2.51. The summed E-state index contributed by atoms with van der Waals surface area (Å²) in [6.45, 7) is 0. The topological polar surface area (TPSA) is 127 Å². The molecule has 4 rings (SSSR count). The zero-order valence-corrected chi connectivity index (χ0v) is 16.8. The van der Waals surface area contributed by atoms with Gasteiger partial charge >= 0.3 is 5.97 Å². The van der Waals surface area contributed by atoms with Gasteiger partial charge in [0.25, 0.3) is 0 Å². The van der Waals surface area contributed by atoms with Gasteiger partial charge in [0, 0.05) is 23.9 Å². The summed E-state index contributed by atoms with van der Waals surface area (Å²) < 4.78 is 4.77. The van der Waals surface area contributed by atoms with E-state index < -0.39 is 17.3 Å². The van der Waals surface area contributed by atoms with E-state index in [4.69, 9.17) is 10.5 Å². The Balaban J connectivity index is 1.96. The number of carbonyl (C=O) groups excluding carboxylic acids is 1. The molecule has 0 spiro atoms. The molecule has 2 bridgehead atoms. The Bertz CT molecular complexity index is 1080. The number of nitriles is 3. The minimum atomic E-state index is -1.67. The fourth-order valence-electron chi connectivity index (χ4n) is 5.41. The van der Waals surface area contributed by atoms with E-state index in [-0.39, 0.29) is 29.3 Å². The van der Waals surface area contributed by atoms with Crippen LogP contribution in [-0.4, -0.2) is 37.1 Å². The van der Waals surface area contributed by atoms with Gasteiger partial charge < -0.3 is 10.5 Å². The van der Waals surface area contributed by atoms with Crippen LogP contribution >= 0.6 is 0 Å². The lowest BCUT2D eigenvalue weighted by Gasteiger charge is -2.48. The first-order valence-corrected chi connectivity index (χ1v) is 9.78. The maximum Gasteiger partial charge on any atom is 0.337 e. The van der Waals surface area contributed by atoms with Crippen LogP contribution in [0.2, 0.25) is 0 Å². The summed E-state index contributed by atoms with van der Waals surface area (Å²) in [7, 11) is 3.36. The van der Waals surface area contributed by atoms with Gasteiger partial charge in [0.05, 0.1) is 36.1 Å². The van der Waals surface area contributed by atoms with Gasteiger partial charge in [0.15, 0.2) is 5.41 Å². The van der Waals surface area contributed by atoms with Crippen molar-refractivity contribution in [2.75, 3.05) is 14.2 Å². The van der Waals surface area contributed by atoms with Crippen molar-refractivity contribution in [3.63, 3.8) is 0 Å². The molecule has 2 aliphatic heterocycles. The summed E-state index contributed by atoms with van der Waals surface area (Å²) in [5.41, 5.74) is 6.92. The number of ether oxygens (including phenoxy) is 1. The molecule has 1 saturated heterocycles. The number of hydrogen-bond donors (Lipinski definition) is 1. The Hall–Kier alpha value is -3.60. The molecule has 0 amide bonds. The number of rotatable bonds is 2. The minimum absolute atomic E-state index is 0.0171. The van der Waals surface area contributed by atoms with Gasteiger partial charge in [-0.05, 0) is 43.2 Å². The first-order chi connectivity index (χ1) is 14.4. The van der Waals surface area contributed by atoms with Crippen molar-refractivity contribution in [1.82, 2.24) is 4.90 Å². The molecular weight excluding hydrogens is 378 g/mol. The lowest BCUT2D eigenvalue weighted by atomic mass is 9.56. The Labute approximate surface area is 175 Å². The van der Waals surface area contributed by atoms with E-state index in [0.29, 0.717) is 5.56 Å². The van der Waals surface area contributed by atoms with E-state index >= 15 is 0 Å². The zero-order chi connectivity index (χ0) is 21.6. The van der Waals surface area contributed by atoms with Gasteiger partial charge in [-0.1, -0.05) is 18.2 Å². The van der Waals surface area contributed by atoms with Crippen LogP contribution in [-0.2, 0) is 4.74 Å². The molecule has 3 aliphatic rings. The number of allylic oxidation sites excluding steroid dienone is 2. The summed E-state index contributed by atoms with van der Waals surface area (Å²) >= 11 is 0. The molecule has 0 radical (unpaired) electrons. The lowest BCUT2D eigenvalue weighted by molar-refractivity contribution is 0.0600. The maximum atomic E-state index is 11.8. The number of benzene rings is 1. The average Bonchev–Trinajstić information content (AvgIpc) is 3.01. The van der Waals surface area contributed by atoms with E-state index in [1.54, 1.807) is 24.3 Å². The number of esters is 1. The quantitative estimate of drug-likeness (QED) is 0.756. The minimum Gasteiger partial charge on any atom is -0.465 e.